The molecule has 2 aromatic rings. The maximum Gasteiger partial charge on any atom is 0.417 e. The molecule has 1 aromatic heterocycles. The van der Waals surface area contributed by atoms with Crippen molar-refractivity contribution in [2.45, 2.75) is 45.3 Å². The smallest absolute Gasteiger partial charge is 0.417 e. The van der Waals surface area contributed by atoms with Crippen LogP contribution >= 0.6 is 0 Å². The lowest BCUT2D eigenvalue weighted by Crippen LogP contribution is -2.46. The van der Waals surface area contributed by atoms with E-state index in [2.05, 4.69) is 4.98 Å². The number of aromatic nitrogens is 1. The molecule has 0 bridgehead atoms. The highest BCUT2D eigenvalue weighted by molar-refractivity contribution is 6.05. The van der Waals surface area contributed by atoms with Crippen LogP contribution in [-0.2, 0) is 16.1 Å². The summed E-state index contributed by atoms with van der Waals surface area (Å²) in [6.45, 7) is 6.73. The van der Waals surface area contributed by atoms with E-state index in [1.54, 1.807) is 33.0 Å². The Morgan fingerprint density at radius 2 is 1.96 bits per heavy atom. The number of nitrogens with one attached hydrogen (secondary N) is 1. The molecule has 6 heteroatoms. The van der Waals surface area contributed by atoms with Crippen LogP contribution in [0.5, 0.6) is 0 Å². The molecule has 6 nitrogen and oxygen atoms in total. The highest BCUT2D eigenvalue weighted by Gasteiger charge is 2.37. The third-order valence-electron chi connectivity index (χ3n) is 4.40. The second kappa shape index (κ2) is 7.96. The zero-order chi connectivity index (χ0) is 19.4. The molecule has 3 rings (SSSR count). The number of imide groups is 1. The van der Waals surface area contributed by atoms with Crippen molar-refractivity contribution in [3.05, 3.63) is 59.4 Å². The van der Waals surface area contributed by atoms with Crippen LogP contribution in [0.25, 0.3) is 0 Å². The van der Waals surface area contributed by atoms with Crippen LogP contribution in [0.2, 0.25) is 0 Å². The number of benzene rings is 1. The number of carbonyl (C=O) groups excluding carboxylic acids is 2. The number of carbonyl (C=O) groups is 2. The van der Waals surface area contributed by atoms with Gasteiger partial charge in [0.05, 0.1) is 12.2 Å². The number of hydrogen-bond donors (Lipinski definition) is 1. The molecule has 1 unspecified atom stereocenters. The van der Waals surface area contributed by atoms with Gasteiger partial charge in [0.15, 0.2) is 0 Å². The first kappa shape index (κ1) is 19.2. The molecule has 1 N–H and O–H groups in total. The predicted octanol–water partition coefficient (Wildman–Crippen LogP) is 4.10. The van der Waals surface area contributed by atoms with E-state index in [1.807, 2.05) is 30.3 Å². The summed E-state index contributed by atoms with van der Waals surface area (Å²) in [5.74, 6) is -0.321. The van der Waals surface area contributed by atoms with Crippen LogP contribution < -0.4 is 0 Å². The summed E-state index contributed by atoms with van der Waals surface area (Å²) >= 11 is 0. The van der Waals surface area contributed by atoms with Gasteiger partial charge in [0.1, 0.15) is 5.60 Å². The summed E-state index contributed by atoms with van der Waals surface area (Å²) in [7, 11) is 0. The molecule has 2 amide bonds. The highest BCUT2D eigenvalue weighted by atomic mass is 16.6. The molecule has 144 valence electrons. The number of ether oxygens (including phenoxy) is 2. The van der Waals surface area contributed by atoms with Gasteiger partial charge in [-0.2, -0.15) is 0 Å². The third kappa shape index (κ3) is 4.77. The Morgan fingerprint density at radius 3 is 2.67 bits per heavy atom. The quantitative estimate of drug-likeness (QED) is 0.805. The van der Waals surface area contributed by atoms with Crippen molar-refractivity contribution >= 4 is 12.0 Å². The van der Waals surface area contributed by atoms with Crippen LogP contribution in [0.1, 0.15) is 54.7 Å². The van der Waals surface area contributed by atoms with Gasteiger partial charge in [0.2, 0.25) is 0 Å². The molecular weight excluding hydrogens is 344 g/mol. The Hall–Kier alpha value is -2.60. The number of amides is 2. The molecule has 0 fully saturated rings. The molecule has 0 aliphatic carbocycles. The molecule has 2 heterocycles. The number of rotatable bonds is 5. The van der Waals surface area contributed by atoms with Crippen LogP contribution in [-0.4, -0.2) is 40.6 Å². The molecule has 0 spiro atoms. The van der Waals surface area contributed by atoms with Gasteiger partial charge in [0.25, 0.3) is 5.91 Å². The number of H-pyrrole nitrogens is 1. The summed E-state index contributed by atoms with van der Waals surface area (Å²) in [5, 5.41) is 0. The average Bonchev–Trinajstić information content (AvgIpc) is 3.10. The van der Waals surface area contributed by atoms with Gasteiger partial charge in [0, 0.05) is 31.0 Å². The molecular formula is C21H26N2O4. The highest BCUT2D eigenvalue weighted by Crippen LogP contribution is 2.30. The number of hydrogen-bond acceptors (Lipinski definition) is 4. The van der Waals surface area contributed by atoms with Gasteiger partial charge < -0.3 is 14.5 Å². The molecule has 1 aromatic carbocycles. The summed E-state index contributed by atoms with van der Waals surface area (Å²) in [5.41, 5.74) is 1.86. The summed E-state index contributed by atoms with van der Waals surface area (Å²) < 4.78 is 11.2. The van der Waals surface area contributed by atoms with Crippen molar-refractivity contribution in [2.75, 3.05) is 13.2 Å². The fourth-order valence-electron chi connectivity index (χ4n) is 3.15. The van der Waals surface area contributed by atoms with Gasteiger partial charge in [-0.05, 0) is 38.8 Å². The first-order valence-electron chi connectivity index (χ1n) is 9.19. The second-order valence-electron chi connectivity index (χ2n) is 7.72. The number of nitrogens with zero attached hydrogens (tertiary/aromatic N) is 1. The Kier molecular flexibility index (Phi) is 5.65. The SMILES string of the molecule is CC(C)(C)OC(=O)N1CC(CCOCc2ccccc2)c2[nH]ccc2C1=O. The van der Waals surface area contributed by atoms with Crippen molar-refractivity contribution in [3.63, 3.8) is 0 Å². The van der Waals surface area contributed by atoms with Gasteiger partial charge in [-0.1, -0.05) is 30.3 Å². The molecule has 0 saturated carbocycles. The Morgan fingerprint density at radius 1 is 1.22 bits per heavy atom. The van der Waals surface area contributed by atoms with E-state index in [0.29, 0.717) is 25.2 Å². The zero-order valence-corrected chi connectivity index (χ0v) is 16.0. The molecule has 1 aliphatic rings. The normalized spacial score (nSPS) is 16.9. The maximum absolute atomic E-state index is 12.6. The van der Waals surface area contributed by atoms with Crippen molar-refractivity contribution < 1.29 is 19.1 Å². The van der Waals surface area contributed by atoms with Crippen LogP contribution in [0.4, 0.5) is 4.79 Å². The first-order chi connectivity index (χ1) is 12.8. The van der Waals surface area contributed by atoms with Gasteiger partial charge in [-0.15, -0.1) is 0 Å². The largest absolute Gasteiger partial charge is 0.443 e. The summed E-state index contributed by atoms with van der Waals surface area (Å²) in [6, 6.07) is 11.7. The molecule has 1 atom stereocenters. The van der Waals surface area contributed by atoms with Crippen LogP contribution in [0.15, 0.2) is 42.6 Å². The number of fused-ring (bicyclic) bond motifs is 1. The first-order valence-corrected chi connectivity index (χ1v) is 9.19. The van der Waals surface area contributed by atoms with Crippen molar-refractivity contribution in [3.8, 4) is 0 Å². The third-order valence-corrected chi connectivity index (χ3v) is 4.40. The lowest BCUT2D eigenvalue weighted by molar-refractivity contribution is 0.0205. The minimum atomic E-state index is -0.649. The van der Waals surface area contributed by atoms with Crippen molar-refractivity contribution in [1.29, 1.82) is 0 Å². The second-order valence-corrected chi connectivity index (χ2v) is 7.72. The van der Waals surface area contributed by atoms with Gasteiger partial charge >= 0.3 is 6.09 Å². The standard InChI is InChI=1S/C21H26N2O4/c1-21(2,3)27-20(25)23-13-16(18-17(19(23)24)9-11-22-18)10-12-26-14-15-7-5-4-6-8-15/h4-9,11,16,22H,10,12-14H2,1-3H3. The Bertz CT molecular complexity index is 792. The van der Waals surface area contributed by atoms with E-state index in [9.17, 15) is 9.59 Å². The lowest BCUT2D eigenvalue weighted by atomic mass is 9.93. The van der Waals surface area contributed by atoms with Crippen LogP contribution in [0, 0.1) is 0 Å². The van der Waals surface area contributed by atoms with Crippen LogP contribution in [0.3, 0.4) is 0 Å². The molecule has 1 aliphatic heterocycles. The van der Waals surface area contributed by atoms with E-state index in [-0.39, 0.29) is 18.4 Å². The van der Waals surface area contributed by atoms with E-state index in [0.717, 1.165) is 11.3 Å². The van der Waals surface area contributed by atoms with Gasteiger partial charge in [-0.3, -0.25) is 4.79 Å². The topological polar surface area (TPSA) is 71.6 Å². The Balaban J connectivity index is 1.63. The lowest BCUT2D eigenvalue weighted by Gasteiger charge is -2.32. The predicted molar refractivity (Wildman–Crippen MR) is 102 cm³/mol. The summed E-state index contributed by atoms with van der Waals surface area (Å²) in [4.78, 5) is 29.4. The number of aromatic amines is 1. The van der Waals surface area contributed by atoms with Crippen molar-refractivity contribution in [1.82, 2.24) is 9.88 Å². The summed E-state index contributed by atoms with van der Waals surface area (Å²) in [6.07, 6.45) is 1.83. The molecule has 27 heavy (non-hydrogen) atoms. The van der Waals surface area contributed by atoms with E-state index < -0.39 is 11.7 Å². The average molecular weight is 370 g/mol. The maximum atomic E-state index is 12.6. The minimum Gasteiger partial charge on any atom is -0.443 e. The zero-order valence-electron chi connectivity index (χ0n) is 16.0. The van der Waals surface area contributed by atoms with E-state index >= 15 is 0 Å². The van der Waals surface area contributed by atoms with Crippen molar-refractivity contribution in [2.24, 2.45) is 0 Å². The van der Waals surface area contributed by atoms with E-state index in [1.165, 1.54) is 4.90 Å². The van der Waals surface area contributed by atoms with Gasteiger partial charge in [-0.25, -0.2) is 9.69 Å². The molecule has 0 saturated heterocycles. The Labute approximate surface area is 159 Å². The fraction of sp³-hybridized carbons (Fsp3) is 0.429. The fourth-order valence-corrected chi connectivity index (χ4v) is 3.15. The monoisotopic (exact) mass is 370 g/mol. The molecule has 0 radical (unpaired) electrons. The van der Waals surface area contributed by atoms with E-state index in [4.69, 9.17) is 9.47 Å². The minimum absolute atomic E-state index is 0.00371.